The highest BCUT2D eigenvalue weighted by Crippen LogP contribution is 2.25. The molecule has 0 aliphatic carbocycles. The highest BCUT2D eigenvalue weighted by molar-refractivity contribution is 9.10. The second-order valence-corrected chi connectivity index (χ2v) is 6.16. The van der Waals surface area contributed by atoms with Gasteiger partial charge in [0.25, 0.3) is 10.0 Å². The number of benzene rings is 1. The fourth-order valence-corrected chi connectivity index (χ4v) is 2.83. The Labute approximate surface area is 112 Å². The van der Waals surface area contributed by atoms with Crippen molar-refractivity contribution in [3.05, 3.63) is 40.4 Å². The van der Waals surface area contributed by atoms with Crippen LogP contribution in [0, 0.1) is 12.7 Å². The van der Waals surface area contributed by atoms with Crippen molar-refractivity contribution in [1.82, 2.24) is 10.2 Å². The number of aromatic nitrogens is 2. The SMILES string of the molecule is Cc1cc(Br)c(F)cc1NS(=O)(=O)c1cn[nH]c1. The number of sulfonamides is 1. The van der Waals surface area contributed by atoms with E-state index >= 15 is 0 Å². The number of nitrogens with zero attached hydrogens (tertiary/aromatic N) is 1. The van der Waals surface area contributed by atoms with E-state index in [0.29, 0.717) is 5.56 Å². The van der Waals surface area contributed by atoms with Gasteiger partial charge in [0, 0.05) is 6.20 Å². The molecule has 0 aliphatic heterocycles. The number of hydrogen-bond acceptors (Lipinski definition) is 3. The van der Waals surface area contributed by atoms with Crippen LogP contribution in [0.2, 0.25) is 0 Å². The fraction of sp³-hybridized carbons (Fsp3) is 0.100. The number of anilines is 1. The van der Waals surface area contributed by atoms with E-state index in [-0.39, 0.29) is 15.1 Å². The quantitative estimate of drug-likeness (QED) is 0.905. The zero-order chi connectivity index (χ0) is 13.3. The summed E-state index contributed by atoms with van der Waals surface area (Å²) < 4.78 is 39.8. The van der Waals surface area contributed by atoms with Crippen molar-refractivity contribution in [3.8, 4) is 0 Å². The van der Waals surface area contributed by atoms with Crippen LogP contribution in [0.1, 0.15) is 5.56 Å². The molecule has 0 radical (unpaired) electrons. The van der Waals surface area contributed by atoms with Crippen molar-refractivity contribution < 1.29 is 12.8 Å². The van der Waals surface area contributed by atoms with E-state index in [2.05, 4.69) is 30.8 Å². The number of hydrogen-bond donors (Lipinski definition) is 2. The molecule has 8 heteroatoms. The van der Waals surface area contributed by atoms with Gasteiger partial charge in [-0.3, -0.25) is 9.82 Å². The summed E-state index contributed by atoms with van der Waals surface area (Å²) in [6.07, 6.45) is 2.42. The first-order chi connectivity index (χ1) is 8.40. The van der Waals surface area contributed by atoms with Crippen LogP contribution in [0.15, 0.2) is 33.9 Å². The van der Waals surface area contributed by atoms with Crippen LogP contribution in [0.3, 0.4) is 0 Å². The van der Waals surface area contributed by atoms with Crippen molar-refractivity contribution >= 4 is 31.6 Å². The Balaban J connectivity index is 2.39. The third-order valence-electron chi connectivity index (χ3n) is 2.30. The molecule has 0 bridgehead atoms. The Hall–Kier alpha value is -1.41. The van der Waals surface area contributed by atoms with Crippen LogP contribution in [-0.4, -0.2) is 18.6 Å². The highest BCUT2D eigenvalue weighted by atomic mass is 79.9. The summed E-state index contributed by atoms with van der Waals surface area (Å²) in [5, 5.41) is 5.96. The molecule has 0 saturated heterocycles. The third-order valence-corrected chi connectivity index (χ3v) is 4.24. The molecule has 1 aromatic carbocycles. The van der Waals surface area contributed by atoms with E-state index in [1.54, 1.807) is 6.92 Å². The van der Waals surface area contributed by atoms with Crippen molar-refractivity contribution in [2.24, 2.45) is 0 Å². The van der Waals surface area contributed by atoms with Crippen molar-refractivity contribution in [2.75, 3.05) is 4.72 Å². The zero-order valence-corrected chi connectivity index (χ0v) is 11.6. The van der Waals surface area contributed by atoms with Gasteiger partial charge < -0.3 is 0 Å². The molecule has 0 unspecified atom stereocenters. The Kier molecular flexibility index (Phi) is 3.40. The van der Waals surface area contributed by atoms with Crippen LogP contribution >= 0.6 is 15.9 Å². The van der Waals surface area contributed by atoms with Crippen LogP contribution in [0.5, 0.6) is 0 Å². The van der Waals surface area contributed by atoms with Gasteiger partial charge in [0.2, 0.25) is 0 Å². The van der Waals surface area contributed by atoms with Crippen LogP contribution in [0.4, 0.5) is 10.1 Å². The molecule has 2 N–H and O–H groups in total. The molecule has 5 nitrogen and oxygen atoms in total. The van der Waals surface area contributed by atoms with E-state index in [1.165, 1.54) is 18.5 Å². The Morgan fingerprint density at radius 3 is 2.78 bits per heavy atom. The Morgan fingerprint density at radius 1 is 1.44 bits per heavy atom. The maximum Gasteiger partial charge on any atom is 0.265 e. The van der Waals surface area contributed by atoms with Gasteiger partial charge >= 0.3 is 0 Å². The lowest BCUT2D eigenvalue weighted by molar-refractivity contribution is 0.601. The van der Waals surface area contributed by atoms with Gasteiger partial charge in [0.05, 0.1) is 16.4 Å². The molecule has 2 aromatic rings. The smallest absolute Gasteiger partial charge is 0.265 e. The molecule has 1 aromatic heterocycles. The summed E-state index contributed by atoms with van der Waals surface area (Å²) in [6, 6.07) is 2.62. The number of halogens is 2. The van der Waals surface area contributed by atoms with Gasteiger partial charge in [-0.1, -0.05) is 0 Å². The molecule has 96 valence electrons. The first kappa shape index (κ1) is 13.0. The maximum atomic E-state index is 13.4. The van der Waals surface area contributed by atoms with E-state index in [0.717, 1.165) is 6.07 Å². The molecule has 2 rings (SSSR count). The molecule has 0 aliphatic rings. The van der Waals surface area contributed by atoms with E-state index < -0.39 is 15.8 Å². The van der Waals surface area contributed by atoms with Crippen molar-refractivity contribution in [2.45, 2.75) is 11.8 Å². The van der Waals surface area contributed by atoms with Crippen molar-refractivity contribution in [3.63, 3.8) is 0 Å². The lowest BCUT2D eigenvalue weighted by atomic mass is 10.2. The monoisotopic (exact) mass is 333 g/mol. The standard InChI is InChI=1S/C10H9BrFN3O2S/c1-6-2-8(11)9(12)3-10(6)15-18(16,17)7-4-13-14-5-7/h2-5,15H,1H3,(H,13,14). The number of H-pyrrole nitrogens is 1. The highest BCUT2D eigenvalue weighted by Gasteiger charge is 2.17. The first-order valence-electron chi connectivity index (χ1n) is 4.87. The van der Waals surface area contributed by atoms with E-state index in [1.807, 2.05) is 0 Å². The van der Waals surface area contributed by atoms with Crippen LogP contribution in [-0.2, 0) is 10.0 Å². The summed E-state index contributed by atoms with van der Waals surface area (Å²) >= 11 is 3.03. The molecular weight excluding hydrogens is 325 g/mol. The normalized spacial score (nSPS) is 11.5. The molecule has 0 saturated carbocycles. The Bertz CT molecular complexity index is 671. The summed E-state index contributed by atoms with van der Waals surface area (Å²) in [5.41, 5.74) is 0.798. The minimum Gasteiger partial charge on any atom is -0.284 e. The lowest BCUT2D eigenvalue weighted by Gasteiger charge is -2.10. The average Bonchev–Trinajstić information content (AvgIpc) is 2.79. The second kappa shape index (κ2) is 4.69. The molecule has 0 spiro atoms. The van der Waals surface area contributed by atoms with Crippen LogP contribution in [0.25, 0.3) is 0 Å². The number of aryl methyl sites for hydroxylation is 1. The van der Waals surface area contributed by atoms with Gasteiger partial charge in [-0.25, -0.2) is 12.8 Å². The molecule has 18 heavy (non-hydrogen) atoms. The molecular formula is C10H9BrFN3O2S. The van der Waals surface area contributed by atoms with Gasteiger partial charge in [-0.15, -0.1) is 0 Å². The number of nitrogens with one attached hydrogen (secondary N) is 2. The maximum absolute atomic E-state index is 13.4. The van der Waals surface area contributed by atoms with Crippen molar-refractivity contribution in [1.29, 1.82) is 0 Å². The predicted molar refractivity (Wildman–Crippen MR) is 68.2 cm³/mol. The van der Waals surface area contributed by atoms with Crippen LogP contribution < -0.4 is 4.72 Å². The summed E-state index contributed by atoms with van der Waals surface area (Å²) in [6.45, 7) is 1.68. The van der Waals surface area contributed by atoms with Gasteiger partial charge in [0.15, 0.2) is 0 Å². The largest absolute Gasteiger partial charge is 0.284 e. The lowest BCUT2D eigenvalue weighted by Crippen LogP contribution is -2.13. The number of rotatable bonds is 3. The van der Waals surface area contributed by atoms with E-state index in [4.69, 9.17) is 0 Å². The van der Waals surface area contributed by atoms with Gasteiger partial charge in [0.1, 0.15) is 10.7 Å². The molecule has 0 fully saturated rings. The molecule has 0 amide bonds. The molecule has 1 heterocycles. The van der Waals surface area contributed by atoms with Gasteiger partial charge in [-0.2, -0.15) is 5.10 Å². The minimum absolute atomic E-state index is 0.00905. The van der Waals surface area contributed by atoms with Gasteiger partial charge in [-0.05, 0) is 40.5 Å². The first-order valence-corrected chi connectivity index (χ1v) is 7.15. The average molecular weight is 334 g/mol. The minimum atomic E-state index is -3.75. The summed E-state index contributed by atoms with van der Waals surface area (Å²) in [4.78, 5) is -0.00905. The summed E-state index contributed by atoms with van der Waals surface area (Å²) in [5.74, 6) is -0.537. The second-order valence-electron chi connectivity index (χ2n) is 3.62. The summed E-state index contributed by atoms with van der Waals surface area (Å²) in [7, 11) is -3.75. The molecule has 0 atom stereocenters. The van der Waals surface area contributed by atoms with E-state index in [9.17, 15) is 12.8 Å². The number of aromatic amines is 1. The predicted octanol–water partition coefficient (Wildman–Crippen LogP) is 2.42. The zero-order valence-electron chi connectivity index (χ0n) is 9.24. The topological polar surface area (TPSA) is 74.8 Å². The third kappa shape index (κ3) is 2.54. The fourth-order valence-electron chi connectivity index (χ4n) is 1.35. The Morgan fingerprint density at radius 2 is 2.17 bits per heavy atom.